The van der Waals surface area contributed by atoms with Crippen LogP contribution in [-0.2, 0) is 20.4 Å². The Bertz CT molecular complexity index is 671. The fourth-order valence-corrected chi connectivity index (χ4v) is 4.59. The summed E-state index contributed by atoms with van der Waals surface area (Å²) in [5.74, 6) is 0.459. The second-order valence-corrected chi connectivity index (χ2v) is 9.60. The predicted octanol–water partition coefficient (Wildman–Crippen LogP) is 3.29. The van der Waals surface area contributed by atoms with E-state index in [0.29, 0.717) is 11.8 Å². The van der Waals surface area contributed by atoms with Crippen LogP contribution in [0.4, 0.5) is 4.79 Å². The molecule has 2 atom stereocenters. The average Bonchev–Trinajstić information content (AvgIpc) is 3.40. The number of benzene rings is 1. The van der Waals surface area contributed by atoms with Crippen LogP contribution in [0.3, 0.4) is 0 Å². The zero-order valence-electron chi connectivity index (χ0n) is 13.4. The van der Waals surface area contributed by atoms with E-state index in [1.807, 2.05) is 30.3 Å². The minimum atomic E-state index is -3.59. The first-order valence-corrected chi connectivity index (χ1v) is 10.8. The summed E-state index contributed by atoms with van der Waals surface area (Å²) < 4.78 is 28.4. The molecule has 2 unspecified atom stereocenters. The molecule has 2 aliphatic rings. The van der Waals surface area contributed by atoms with E-state index in [-0.39, 0.29) is 24.3 Å². The van der Waals surface area contributed by atoms with E-state index in [0.717, 1.165) is 31.2 Å². The number of carbonyl (C=O) groups excluding carboxylic acids is 1. The van der Waals surface area contributed by atoms with Crippen molar-refractivity contribution < 1.29 is 17.9 Å². The molecule has 0 radical (unpaired) electrons. The third-order valence-corrected chi connectivity index (χ3v) is 5.87. The Balaban J connectivity index is 1.59. The van der Waals surface area contributed by atoms with Crippen LogP contribution in [0.15, 0.2) is 30.3 Å². The maximum atomic E-state index is 12.2. The number of amides is 1. The number of carbonyl (C=O) groups is 1. The van der Waals surface area contributed by atoms with Gasteiger partial charge in [0.2, 0.25) is 9.05 Å². The molecule has 1 N–H and O–H groups in total. The third-order valence-electron chi connectivity index (χ3n) is 4.71. The quantitative estimate of drug-likeness (QED) is 0.712. The van der Waals surface area contributed by atoms with Gasteiger partial charge in [0.1, 0.15) is 6.61 Å². The van der Waals surface area contributed by atoms with E-state index in [1.54, 1.807) is 0 Å². The molecular formula is C17H22ClNO4S. The maximum absolute atomic E-state index is 12.2. The van der Waals surface area contributed by atoms with Crippen molar-refractivity contribution in [2.45, 2.75) is 38.3 Å². The lowest BCUT2D eigenvalue weighted by molar-refractivity contribution is 0.129. The Morgan fingerprint density at radius 2 is 1.79 bits per heavy atom. The second-order valence-electron chi connectivity index (χ2n) is 6.78. The smallest absolute Gasteiger partial charge is 0.407 e. The summed E-state index contributed by atoms with van der Waals surface area (Å²) in [5.41, 5.74) is 0.915. The molecule has 3 rings (SSSR count). The summed E-state index contributed by atoms with van der Waals surface area (Å²) in [7, 11) is 1.88. The monoisotopic (exact) mass is 371 g/mol. The van der Waals surface area contributed by atoms with Gasteiger partial charge in [-0.1, -0.05) is 30.3 Å². The predicted molar refractivity (Wildman–Crippen MR) is 92.1 cm³/mol. The van der Waals surface area contributed by atoms with Crippen LogP contribution in [0.25, 0.3) is 0 Å². The first kappa shape index (κ1) is 17.5. The fraction of sp³-hybridized carbons (Fsp3) is 0.588. The number of hydrogen-bond donors (Lipinski definition) is 1. The molecular weight excluding hydrogens is 350 g/mol. The van der Waals surface area contributed by atoms with Gasteiger partial charge in [0.25, 0.3) is 0 Å². The van der Waals surface area contributed by atoms with Crippen LogP contribution < -0.4 is 5.32 Å². The molecule has 5 nitrogen and oxygen atoms in total. The van der Waals surface area contributed by atoms with Crippen molar-refractivity contribution in [3.05, 3.63) is 35.9 Å². The van der Waals surface area contributed by atoms with Crippen molar-refractivity contribution >= 4 is 25.8 Å². The molecule has 0 aromatic heterocycles. The molecule has 0 saturated heterocycles. The largest absolute Gasteiger partial charge is 0.445 e. The zero-order chi connectivity index (χ0) is 17.2. The highest BCUT2D eigenvalue weighted by molar-refractivity contribution is 8.13. The number of nitrogens with one attached hydrogen (secondary N) is 1. The molecule has 7 heteroatoms. The van der Waals surface area contributed by atoms with Gasteiger partial charge < -0.3 is 10.1 Å². The van der Waals surface area contributed by atoms with E-state index in [2.05, 4.69) is 5.32 Å². The second kappa shape index (κ2) is 7.31. The van der Waals surface area contributed by atoms with Crippen LogP contribution >= 0.6 is 10.7 Å². The summed E-state index contributed by atoms with van der Waals surface area (Å²) in [6.45, 7) is 0.200. The van der Waals surface area contributed by atoms with Gasteiger partial charge in [-0.25, -0.2) is 13.2 Å². The SMILES string of the molecule is O=C(NC(C1CC1)C(CS(=O)(=O)Cl)C1CC1)OCc1ccccc1. The summed E-state index contributed by atoms with van der Waals surface area (Å²) in [6.07, 6.45) is 3.53. The Kier molecular flexibility index (Phi) is 5.35. The van der Waals surface area contributed by atoms with Gasteiger partial charge >= 0.3 is 6.09 Å². The summed E-state index contributed by atoms with van der Waals surface area (Å²) in [5, 5.41) is 2.91. The van der Waals surface area contributed by atoms with E-state index in [1.165, 1.54) is 0 Å². The minimum Gasteiger partial charge on any atom is -0.445 e. The first-order valence-electron chi connectivity index (χ1n) is 8.32. The average molecular weight is 372 g/mol. The molecule has 24 heavy (non-hydrogen) atoms. The normalized spacial score (nSPS) is 20.2. The first-order chi connectivity index (χ1) is 11.4. The molecule has 1 aromatic rings. The zero-order valence-corrected chi connectivity index (χ0v) is 14.9. The topological polar surface area (TPSA) is 72.5 Å². The van der Waals surface area contributed by atoms with Crippen molar-refractivity contribution in [3.8, 4) is 0 Å². The lowest BCUT2D eigenvalue weighted by Crippen LogP contribution is -2.45. The van der Waals surface area contributed by atoms with Crippen LogP contribution in [0.5, 0.6) is 0 Å². The Labute approximate surface area is 147 Å². The molecule has 132 valence electrons. The summed E-state index contributed by atoms with van der Waals surface area (Å²) in [4.78, 5) is 12.2. The highest BCUT2D eigenvalue weighted by atomic mass is 35.7. The van der Waals surface area contributed by atoms with Crippen molar-refractivity contribution in [2.24, 2.45) is 17.8 Å². The highest BCUT2D eigenvalue weighted by Gasteiger charge is 2.45. The number of ether oxygens (including phenoxy) is 1. The van der Waals surface area contributed by atoms with Crippen molar-refractivity contribution in [1.82, 2.24) is 5.32 Å². The minimum absolute atomic E-state index is 0.0840. The lowest BCUT2D eigenvalue weighted by atomic mass is 9.93. The fourth-order valence-electron chi connectivity index (χ4n) is 3.22. The van der Waals surface area contributed by atoms with Gasteiger partial charge in [0.05, 0.1) is 5.75 Å². The van der Waals surface area contributed by atoms with E-state index in [4.69, 9.17) is 15.4 Å². The Morgan fingerprint density at radius 3 is 2.33 bits per heavy atom. The Morgan fingerprint density at radius 1 is 1.17 bits per heavy atom. The molecule has 2 fully saturated rings. The molecule has 1 amide bonds. The molecule has 0 aliphatic heterocycles. The molecule has 0 heterocycles. The van der Waals surface area contributed by atoms with Crippen molar-refractivity contribution in [1.29, 1.82) is 0 Å². The van der Waals surface area contributed by atoms with Gasteiger partial charge in [-0.15, -0.1) is 0 Å². The van der Waals surface area contributed by atoms with Crippen molar-refractivity contribution in [2.75, 3.05) is 5.75 Å². The van der Waals surface area contributed by atoms with Crippen LogP contribution in [0, 0.1) is 17.8 Å². The van der Waals surface area contributed by atoms with Crippen LogP contribution in [-0.4, -0.2) is 26.3 Å². The van der Waals surface area contributed by atoms with Crippen LogP contribution in [0.2, 0.25) is 0 Å². The van der Waals surface area contributed by atoms with E-state index in [9.17, 15) is 13.2 Å². The van der Waals surface area contributed by atoms with Crippen LogP contribution in [0.1, 0.15) is 31.2 Å². The van der Waals surface area contributed by atoms with E-state index < -0.39 is 15.1 Å². The molecule has 2 aliphatic carbocycles. The summed E-state index contributed by atoms with van der Waals surface area (Å²) in [6, 6.07) is 9.28. The van der Waals surface area contributed by atoms with Gasteiger partial charge in [-0.3, -0.25) is 0 Å². The van der Waals surface area contributed by atoms with Gasteiger partial charge in [0, 0.05) is 16.7 Å². The third kappa shape index (κ3) is 5.38. The molecule has 0 spiro atoms. The molecule has 0 bridgehead atoms. The number of rotatable bonds is 8. The number of hydrogen-bond acceptors (Lipinski definition) is 4. The molecule has 2 saturated carbocycles. The number of halogens is 1. The lowest BCUT2D eigenvalue weighted by Gasteiger charge is -2.27. The van der Waals surface area contributed by atoms with Gasteiger partial charge in [0.15, 0.2) is 0 Å². The maximum Gasteiger partial charge on any atom is 0.407 e. The number of alkyl carbamates (subject to hydrolysis) is 1. The Hall–Kier alpha value is -1.27. The molecule has 1 aromatic carbocycles. The van der Waals surface area contributed by atoms with E-state index >= 15 is 0 Å². The standard InChI is InChI=1S/C17H22ClNO4S/c18-24(21,22)11-15(13-6-7-13)16(14-8-9-14)19-17(20)23-10-12-4-2-1-3-5-12/h1-5,13-16H,6-11H2,(H,19,20). The highest BCUT2D eigenvalue weighted by Crippen LogP contribution is 2.46. The van der Waals surface area contributed by atoms with Crippen molar-refractivity contribution in [3.63, 3.8) is 0 Å². The summed E-state index contributed by atoms with van der Waals surface area (Å²) >= 11 is 0. The van der Waals surface area contributed by atoms with Gasteiger partial charge in [-0.05, 0) is 49.0 Å². The van der Waals surface area contributed by atoms with Gasteiger partial charge in [-0.2, -0.15) is 0 Å².